The number of methoxy groups -OCH3 is 2. The molecular weight excluding hydrogens is 314 g/mol. The molecule has 0 radical (unpaired) electrons. The summed E-state index contributed by atoms with van der Waals surface area (Å²) in [5, 5.41) is 0.525. The predicted molar refractivity (Wildman–Crippen MR) is 81.8 cm³/mol. The van der Waals surface area contributed by atoms with Crippen molar-refractivity contribution in [2.45, 2.75) is 4.90 Å². The monoisotopic (exact) mass is 327 g/mol. The third-order valence-corrected chi connectivity index (χ3v) is 4.41. The highest BCUT2D eigenvalue weighted by Crippen LogP contribution is 2.29. The lowest BCUT2D eigenvalue weighted by Crippen LogP contribution is -2.14. The molecule has 0 amide bonds. The number of sulfonamides is 1. The van der Waals surface area contributed by atoms with Crippen molar-refractivity contribution in [3.63, 3.8) is 0 Å². The molecule has 21 heavy (non-hydrogen) atoms. The Kier molecular flexibility index (Phi) is 4.59. The molecule has 2 aromatic carbocycles. The highest BCUT2D eigenvalue weighted by molar-refractivity contribution is 7.92. The normalized spacial score (nSPS) is 11.0. The van der Waals surface area contributed by atoms with Gasteiger partial charge in [0.25, 0.3) is 10.0 Å². The molecule has 1 N–H and O–H groups in total. The van der Waals surface area contributed by atoms with E-state index in [0.29, 0.717) is 16.5 Å². The Hall–Kier alpha value is -1.92. The third-order valence-electron chi connectivity index (χ3n) is 2.76. The summed E-state index contributed by atoms with van der Waals surface area (Å²) in [6.07, 6.45) is 0. The molecular formula is C14H14ClNO4S. The predicted octanol–water partition coefficient (Wildman–Crippen LogP) is 3.16. The lowest BCUT2D eigenvalue weighted by atomic mass is 10.3. The van der Waals surface area contributed by atoms with Gasteiger partial charge in [-0.1, -0.05) is 11.6 Å². The zero-order valence-corrected chi connectivity index (χ0v) is 13.0. The summed E-state index contributed by atoms with van der Waals surface area (Å²) in [7, 11) is -0.931. The quantitative estimate of drug-likeness (QED) is 0.916. The van der Waals surface area contributed by atoms with Crippen molar-refractivity contribution in [1.82, 2.24) is 0 Å². The molecule has 2 rings (SSSR count). The number of ether oxygens (including phenoxy) is 2. The molecule has 0 aliphatic rings. The van der Waals surface area contributed by atoms with Gasteiger partial charge in [-0.15, -0.1) is 0 Å². The van der Waals surface area contributed by atoms with E-state index in [1.165, 1.54) is 26.4 Å². The lowest BCUT2D eigenvalue weighted by molar-refractivity contribution is 0.392. The first kappa shape index (κ1) is 15.5. The van der Waals surface area contributed by atoms with Crippen molar-refractivity contribution in [3.05, 3.63) is 47.5 Å². The van der Waals surface area contributed by atoms with Gasteiger partial charge in [-0.3, -0.25) is 4.72 Å². The van der Waals surface area contributed by atoms with Gasteiger partial charge in [0.15, 0.2) is 0 Å². The maximum Gasteiger partial charge on any atom is 0.265 e. The Morgan fingerprint density at radius 1 is 1.00 bits per heavy atom. The van der Waals surface area contributed by atoms with Crippen LogP contribution in [0.4, 0.5) is 5.69 Å². The lowest BCUT2D eigenvalue weighted by Gasteiger charge is -2.12. The summed E-state index contributed by atoms with van der Waals surface area (Å²) in [5.41, 5.74) is 0.407. The van der Waals surface area contributed by atoms with Crippen LogP contribution in [0.5, 0.6) is 11.5 Å². The fourth-order valence-corrected chi connectivity index (χ4v) is 3.09. The SMILES string of the molecule is COc1ccc(OC)c(S(=O)(=O)Nc2ccc(Cl)cc2)c1. The molecule has 0 saturated heterocycles. The maximum absolute atomic E-state index is 12.5. The highest BCUT2D eigenvalue weighted by atomic mass is 35.5. The van der Waals surface area contributed by atoms with Gasteiger partial charge < -0.3 is 9.47 Å². The number of hydrogen-bond donors (Lipinski definition) is 1. The molecule has 0 bridgehead atoms. The first-order valence-electron chi connectivity index (χ1n) is 5.96. The van der Waals surface area contributed by atoms with Crippen molar-refractivity contribution in [2.75, 3.05) is 18.9 Å². The molecule has 7 heteroatoms. The van der Waals surface area contributed by atoms with Crippen LogP contribution in [0.2, 0.25) is 5.02 Å². The van der Waals surface area contributed by atoms with Crippen LogP contribution in [-0.2, 0) is 10.0 Å². The van der Waals surface area contributed by atoms with Crippen LogP contribution in [0.25, 0.3) is 0 Å². The molecule has 0 saturated carbocycles. The van der Waals surface area contributed by atoms with Gasteiger partial charge in [0.05, 0.1) is 14.2 Å². The van der Waals surface area contributed by atoms with Gasteiger partial charge in [-0.05, 0) is 36.4 Å². The minimum atomic E-state index is -3.80. The van der Waals surface area contributed by atoms with Gasteiger partial charge in [0.2, 0.25) is 0 Å². The summed E-state index contributed by atoms with van der Waals surface area (Å²) >= 11 is 5.77. The van der Waals surface area contributed by atoms with Gasteiger partial charge in [-0.25, -0.2) is 8.42 Å². The fourth-order valence-electron chi connectivity index (χ4n) is 1.72. The number of benzene rings is 2. The largest absolute Gasteiger partial charge is 0.497 e. The van der Waals surface area contributed by atoms with Gasteiger partial charge >= 0.3 is 0 Å². The first-order chi connectivity index (χ1) is 9.96. The number of halogens is 1. The maximum atomic E-state index is 12.5. The Labute approximate surface area is 128 Å². The average Bonchev–Trinajstić information content (AvgIpc) is 2.48. The summed E-state index contributed by atoms with van der Waals surface area (Å²) in [4.78, 5) is -0.000648. The van der Waals surface area contributed by atoms with Crippen molar-refractivity contribution in [3.8, 4) is 11.5 Å². The smallest absolute Gasteiger partial charge is 0.265 e. The second-order valence-corrected chi connectivity index (χ2v) is 6.22. The molecule has 5 nitrogen and oxygen atoms in total. The topological polar surface area (TPSA) is 64.6 Å². The van der Waals surface area contributed by atoms with Crippen molar-refractivity contribution >= 4 is 27.3 Å². The molecule has 0 aliphatic carbocycles. The van der Waals surface area contributed by atoms with Crippen LogP contribution in [0.15, 0.2) is 47.4 Å². The molecule has 0 heterocycles. The van der Waals surface area contributed by atoms with Crippen LogP contribution in [0.3, 0.4) is 0 Å². The van der Waals surface area contributed by atoms with Crippen LogP contribution in [-0.4, -0.2) is 22.6 Å². The summed E-state index contributed by atoms with van der Waals surface area (Å²) in [6, 6.07) is 10.9. The van der Waals surface area contributed by atoms with Crippen LogP contribution in [0, 0.1) is 0 Å². The molecule has 112 valence electrons. The zero-order valence-electron chi connectivity index (χ0n) is 11.5. The Balaban J connectivity index is 2.41. The third kappa shape index (κ3) is 3.59. The molecule has 0 unspecified atom stereocenters. The number of nitrogens with one attached hydrogen (secondary N) is 1. The summed E-state index contributed by atoms with van der Waals surface area (Å²) in [6.45, 7) is 0. The average molecular weight is 328 g/mol. The van der Waals surface area contributed by atoms with E-state index in [-0.39, 0.29) is 10.6 Å². The summed E-state index contributed by atoms with van der Waals surface area (Å²) in [5.74, 6) is 0.657. The van der Waals surface area contributed by atoms with E-state index in [1.54, 1.807) is 30.3 Å². The van der Waals surface area contributed by atoms with Gasteiger partial charge in [0.1, 0.15) is 16.4 Å². The first-order valence-corrected chi connectivity index (χ1v) is 7.83. The fraction of sp³-hybridized carbons (Fsp3) is 0.143. The second kappa shape index (κ2) is 6.24. The van der Waals surface area contributed by atoms with E-state index < -0.39 is 10.0 Å². The Bertz CT molecular complexity index is 729. The van der Waals surface area contributed by atoms with E-state index in [4.69, 9.17) is 21.1 Å². The van der Waals surface area contributed by atoms with Gasteiger partial charge in [0, 0.05) is 16.8 Å². The van der Waals surface area contributed by atoms with E-state index >= 15 is 0 Å². The Morgan fingerprint density at radius 2 is 1.67 bits per heavy atom. The number of hydrogen-bond acceptors (Lipinski definition) is 4. The number of rotatable bonds is 5. The molecule has 0 aromatic heterocycles. The van der Waals surface area contributed by atoms with Crippen molar-refractivity contribution < 1.29 is 17.9 Å². The molecule has 0 fully saturated rings. The minimum absolute atomic E-state index is 0.000648. The summed E-state index contributed by atoms with van der Waals surface area (Å²) < 4.78 is 37.5. The number of anilines is 1. The van der Waals surface area contributed by atoms with E-state index in [2.05, 4.69) is 4.72 Å². The molecule has 0 atom stereocenters. The van der Waals surface area contributed by atoms with Crippen LogP contribution < -0.4 is 14.2 Å². The van der Waals surface area contributed by atoms with E-state index in [1.807, 2.05) is 0 Å². The van der Waals surface area contributed by atoms with Crippen LogP contribution >= 0.6 is 11.6 Å². The van der Waals surface area contributed by atoms with Crippen molar-refractivity contribution in [2.24, 2.45) is 0 Å². The van der Waals surface area contributed by atoms with Crippen LogP contribution in [0.1, 0.15) is 0 Å². The second-order valence-electron chi connectivity index (χ2n) is 4.13. The molecule has 0 spiro atoms. The van der Waals surface area contributed by atoms with E-state index in [9.17, 15) is 8.42 Å². The van der Waals surface area contributed by atoms with Crippen molar-refractivity contribution in [1.29, 1.82) is 0 Å². The zero-order chi connectivity index (χ0) is 15.5. The highest BCUT2D eigenvalue weighted by Gasteiger charge is 2.20. The Morgan fingerprint density at radius 3 is 2.24 bits per heavy atom. The molecule has 0 aliphatic heterocycles. The minimum Gasteiger partial charge on any atom is -0.497 e. The van der Waals surface area contributed by atoms with Gasteiger partial charge in [-0.2, -0.15) is 0 Å². The molecule has 2 aromatic rings. The van der Waals surface area contributed by atoms with E-state index in [0.717, 1.165) is 0 Å². The standard InChI is InChI=1S/C14H14ClNO4S/c1-19-12-7-8-13(20-2)14(9-12)21(17,18)16-11-5-3-10(15)4-6-11/h3-9,16H,1-2H3.